The lowest BCUT2D eigenvalue weighted by Crippen LogP contribution is -2.42. The molecule has 11 heteroatoms. The molecule has 7 nitrogen and oxygen atoms in total. The van der Waals surface area contributed by atoms with Crippen molar-refractivity contribution in [3.8, 4) is 5.75 Å². The van der Waals surface area contributed by atoms with E-state index < -0.39 is 45.2 Å². The summed E-state index contributed by atoms with van der Waals surface area (Å²) in [5, 5.41) is 20.6. The third kappa shape index (κ3) is 5.09. The number of carbonyl (C=O) groups is 2. The van der Waals surface area contributed by atoms with E-state index in [1.807, 2.05) is 5.32 Å². The summed E-state index contributed by atoms with van der Waals surface area (Å²) in [4.78, 5) is 21.7. The van der Waals surface area contributed by atoms with Gasteiger partial charge in [0.25, 0.3) is 0 Å². The average Bonchev–Trinajstić information content (AvgIpc) is 2.60. The fourth-order valence-corrected chi connectivity index (χ4v) is 4.28. The molecule has 0 unspecified atom stereocenters. The Morgan fingerprint density at radius 3 is 2.20 bits per heavy atom. The molecular weight excluding hydrogens is 427 g/mol. The van der Waals surface area contributed by atoms with Crippen LogP contribution in [0.3, 0.4) is 0 Å². The molecule has 1 amide bonds. The van der Waals surface area contributed by atoms with Crippen LogP contribution in [0.4, 0.5) is 13.2 Å². The van der Waals surface area contributed by atoms with Crippen molar-refractivity contribution in [2.45, 2.75) is 42.3 Å². The van der Waals surface area contributed by atoms with E-state index in [2.05, 4.69) is 0 Å². The highest BCUT2D eigenvalue weighted by molar-refractivity contribution is 7.91. The molecule has 2 aromatic rings. The number of nitrogens with one attached hydrogen (secondary N) is 1. The van der Waals surface area contributed by atoms with Gasteiger partial charge in [-0.05, 0) is 55.7 Å². The van der Waals surface area contributed by atoms with Crippen molar-refractivity contribution >= 4 is 21.7 Å². The van der Waals surface area contributed by atoms with E-state index in [1.165, 1.54) is 38.1 Å². The zero-order chi connectivity index (χ0) is 22.9. The van der Waals surface area contributed by atoms with Gasteiger partial charge in [-0.2, -0.15) is 13.2 Å². The van der Waals surface area contributed by atoms with Crippen LogP contribution in [0.25, 0.3) is 0 Å². The van der Waals surface area contributed by atoms with Gasteiger partial charge in [0.1, 0.15) is 11.3 Å². The van der Waals surface area contributed by atoms with E-state index in [0.717, 1.165) is 12.1 Å². The molecule has 0 saturated heterocycles. The summed E-state index contributed by atoms with van der Waals surface area (Å²) < 4.78 is 62.6. The van der Waals surface area contributed by atoms with Crippen molar-refractivity contribution in [1.29, 1.82) is 0 Å². The maximum Gasteiger partial charge on any atom is 0.471 e. The number of aromatic hydroxyl groups is 1. The van der Waals surface area contributed by atoms with Gasteiger partial charge < -0.3 is 15.5 Å². The second-order valence-corrected chi connectivity index (χ2v) is 8.58. The SMILES string of the molecule is Cc1cc(O)c(C(=O)O)cc1S(=O)(=O)c1ccc(C[C@@H](C)NC(=O)C(F)(F)F)cc1. The Bertz CT molecular complexity index is 1080. The molecule has 0 saturated carbocycles. The number of hydrogen-bond acceptors (Lipinski definition) is 5. The van der Waals surface area contributed by atoms with Gasteiger partial charge in [0, 0.05) is 6.04 Å². The first-order valence-electron chi connectivity index (χ1n) is 8.52. The van der Waals surface area contributed by atoms with E-state index in [0.29, 0.717) is 5.56 Å². The Kier molecular flexibility index (Phi) is 6.45. The summed E-state index contributed by atoms with van der Waals surface area (Å²) >= 11 is 0. The van der Waals surface area contributed by atoms with Crippen molar-refractivity contribution in [3.63, 3.8) is 0 Å². The van der Waals surface area contributed by atoms with Crippen molar-refractivity contribution < 1.29 is 41.4 Å². The second-order valence-electron chi connectivity index (χ2n) is 6.66. The Morgan fingerprint density at radius 1 is 1.13 bits per heavy atom. The minimum absolute atomic E-state index is 0.0313. The highest BCUT2D eigenvalue weighted by atomic mass is 32.2. The Balaban J connectivity index is 2.27. The van der Waals surface area contributed by atoms with Gasteiger partial charge in [0.05, 0.1) is 9.79 Å². The zero-order valence-corrected chi connectivity index (χ0v) is 16.6. The van der Waals surface area contributed by atoms with Gasteiger partial charge in [-0.15, -0.1) is 0 Å². The summed E-state index contributed by atoms with van der Waals surface area (Å²) in [5.41, 5.74) is 0.0627. The number of carboxylic acids is 1. The van der Waals surface area contributed by atoms with Gasteiger partial charge in [0.2, 0.25) is 9.84 Å². The van der Waals surface area contributed by atoms with Gasteiger partial charge in [-0.25, -0.2) is 13.2 Å². The number of amides is 1. The summed E-state index contributed by atoms with van der Waals surface area (Å²) in [6, 6.07) is 6.29. The quantitative estimate of drug-likeness (QED) is 0.629. The first kappa shape index (κ1) is 23.2. The van der Waals surface area contributed by atoms with E-state index in [4.69, 9.17) is 5.11 Å². The monoisotopic (exact) mass is 445 g/mol. The van der Waals surface area contributed by atoms with Crippen LogP contribution < -0.4 is 5.32 Å². The molecular formula is C19H18F3NO6S. The normalized spacial score (nSPS) is 13.0. The van der Waals surface area contributed by atoms with Crippen molar-refractivity contribution in [1.82, 2.24) is 5.32 Å². The molecule has 2 rings (SSSR count). The van der Waals surface area contributed by atoms with Gasteiger partial charge in [-0.3, -0.25) is 4.79 Å². The third-order valence-electron chi connectivity index (χ3n) is 4.22. The molecule has 0 aliphatic heterocycles. The van der Waals surface area contributed by atoms with E-state index >= 15 is 0 Å². The molecule has 162 valence electrons. The van der Waals surface area contributed by atoms with E-state index in [9.17, 15) is 36.3 Å². The molecule has 0 fully saturated rings. The molecule has 2 aromatic carbocycles. The maximum absolute atomic E-state index is 12.9. The molecule has 0 bridgehead atoms. The van der Waals surface area contributed by atoms with Gasteiger partial charge in [0.15, 0.2) is 0 Å². The van der Waals surface area contributed by atoms with Crippen molar-refractivity contribution in [2.75, 3.05) is 0 Å². The number of aromatic carboxylic acids is 1. The number of aryl methyl sites for hydroxylation is 1. The summed E-state index contributed by atoms with van der Waals surface area (Å²) in [5.74, 6) is -4.12. The van der Waals surface area contributed by atoms with Crippen LogP contribution in [0, 0.1) is 6.92 Å². The number of benzene rings is 2. The fraction of sp³-hybridized carbons (Fsp3) is 0.263. The Labute approximate surface area is 170 Å². The largest absolute Gasteiger partial charge is 0.507 e. The molecule has 1 atom stereocenters. The number of phenols is 1. The second kappa shape index (κ2) is 8.34. The van der Waals surface area contributed by atoms with E-state index in [-0.39, 0.29) is 21.8 Å². The van der Waals surface area contributed by atoms with Crippen LogP contribution in [0.2, 0.25) is 0 Å². The van der Waals surface area contributed by atoms with Crippen LogP contribution in [0.15, 0.2) is 46.2 Å². The molecule has 0 radical (unpaired) electrons. The average molecular weight is 445 g/mol. The Hall–Kier alpha value is -3.08. The molecule has 0 heterocycles. The lowest BCUT2D eigenvalue weighted by atomic mass is 10.1. The highest BCUT2D eigenvalue weighted by Gasteiger charge is 2.39. The lowest BCUT2D eigenvalue weighted by Gasteiger charge is -2.15. The number of carbonyl (C=O) groups excluding carboxylic acids is 1. The zero-order valence-electron chi connectivity index (χ0n) is 15.8. The smallest absolute Gasteiger partial charge is 0.471 e. The minimum atomic E-state index is -5.00. The van der Waals surface area contributed by atoms with Crippen LogP contribution in [-0.4, -0.2) is 42.7 Å². The molecule has 3 N–H and O–H groups in total. The summed E-state index contributed by atoms with van der Waals surface area (Å²) in [7, 11) is -4.12. The molecule has 0 aromatic heterocycles. The first-order chi connectivity index (χ1) is 13.7. The summed E-state index contributed by atoms with van der Waals surface area (Å²) in [6.45, 7) is 2.78. The minimum Gasteiger partial charge on any atom is -0.507 e. The molecule has 0 spiro atoms. The number of halogens is 3. The Morgan fingerprint density at radius 2 is 1.70 bits per heavy atom. The number of carboxylic acid groups (broad SMARTS) is 1. The first-order valence-corrected chi connectivity index (χ1v) is 10.0. The lowest BCUT2D eigenvalue weighted by molar-refractivity contribution is -0.174. The predicted octanol–water partition coefficient (Wildman–Crippen LogP) is 2.84. The van der Waals surface area contributed by atoms with Crippen LogP contribution in [0.5, 0.6) is 5.75 Å². The number of hydrogen-bond donors (Lipinski definition) is 3. The number of rotatable bonds is 6. The molecule has 0 aliphatic rings. The van der Waals surface area contributed by atoms with Crippen molar-refractivity contribution in [3.05, 3.63) is 53.1 Å². The van der Waals surface area contributed by atoms with Crippen LogP contribution >= 0.6 is 0 Å². The highest BCUT2D eigenvalue weighted by Crippen LogP contribution is 2.30. The van der Waals surface area contributed by atoms with Crippen molar-refractivity contribution in [2.24, 2.45) is 0 Å². The molecule has 30 heavy (non-hydrogen) atoms. The summed E-state index contributed by atoms with van der Waals surface area (Å²) in [6.07, 6.45) is -4.97. The molecule has 0 aliphatic carbocycles. The van der Waals surface area contributed by atoms with Crippen LogP contribution in [-0.2, 0) is 21.1 Å². The van der Waals surface area contributed by atoms with Gasteiger partial charge >= 0.3 is 18.1 Å². The topological polar surface area (TPSA) is 121 Å². The maximum atomic E-state index is 12.9. The third-order valence-corrected chi connectivity index (χ3v) is 6.14. The predicted molar refractivity (Wildman–Crippen MR) is 99.1 cm³/mol. The standard InChI is InChI=1S/C19H18F3NO6S/c1-10-7-15(24)14(17(25)26)9-16(10)30(28,29)13-5-3-12(4-6-13)8-11(2)23-18(27)19(20,21)22/h3-7,9,11,24H,8H2,1-2H3,(H,23,27)(H,25,26)/t11-/m1/s1. The van der Waals surface area contributed by atoms with Gasteiger partial charge in [-0.1, -0.05) is 12.1 Å². The number of alkyl halides is 3. The number of sulfone groups is 1. The van der Waals surface area contributed by atoms with Crippen LogP contribution in [0.1, 0.15) is 28.4 Å². The fourth-order valence-electron chi connectivity index (χ4n) is 2.78. The van der Waals surface area contributed by atoms with E-state index in [1.54, 1.807) is 0 Å².